The Labute approximate surface area is 219 Å². The first kappa shape index (κ1) is 24.4. The highest BCUT2D eigenvalue weighted by molar-refractivity contribution is 6.30. The average Bonchev–Trinajstić information content (AvgIpc) is 2.86. The summed E-state index contributed by atoms with van der Waals surface area (Å²) >= 11 is 5.91. The molecular weight excluding hydrogens is 499 g/mol. The van der Waals surface area contributed by atoms with Crippen molar-refractivity contribution in [2.45, 2.75) is 70.2 Å². The first-order chi connectivity index (χ1) is 17.8. The summed E-state index contributed by atoms with van der Waals surface area (Å²) in [6.45, 7) is 2.37. The highest BCUT2D eigenvalue weighted by Gasteiger charge is 2.46. The fraction of sp³-hybridized carbons (Fsp3) is 0.519. The number of aromatic hydroxyl groups is 1. The number of halogens is 2. The third-order valence-electron chi connectivity index (χ3n) is 8.42. The highest BCUT2D eigenvalue weighted by Crippen LogP contribution is 2.38. The van der Waals surface area contributed by atoms with Crippen LogP contribution in [0.3, 0.4) is 0 Å². The number of fused-ring (bicyclic) bond motifs is 4. The van der Waals surface area contributed by atoms with Gasteiger partial charge in [0, 0.05) is 44.3 Å². The molecule has 0 spiro atoms. The molecule has 0 saturated carbocycles. The first-order valence-electron chi connectivity index (χ1n) is 13.1. The van der Waals surface area contributed by atoms with Crippen LogP contribution in [0, 0.1) is 5.82 Å². The maximum atomic E-state index is 14.1. The lowest BCUT2D eigenvalue weighted by Crippen LogP contribution is -2.66. The number of carbonyl (C=O) groups excluding carboxylic acids is 2. The molecule has 0 radical (unpaired) electrons. The Bertz CT molecular complexity index is 1340. The van der Waals surface area contributed by atoms with Gasteiger partial charge in [-0.1, -0.05) is 24.1 Å². The van der Waals surface area contributed by atoms with Crippen molar-refractivity contribution in [3.63, 3.8) is 0 Å². The molecule has 2 atom stereocenters. The number of hydrogen-bond acceptors (Lipinski definition) is 5. The molecule has 4 aliphatic rings. The van der Waals surface area contributed by atoms with E-state index in [1.54, 1.807) is 6.07 Å². The molecule has 196 valence electrons. The number of pyridine rings is 1. The second-order valence-electron chi connectivity index (χ2n) is 10.5. The zero-order valence-electron chi connectivity index (χ0n) is 20.6. The van der Waals surface area contributed by atoms with Gasteiger partial charge in [-0.25, -0.2) is 4.39 Å². The molecule has 5 heterocycles. The lowest BCUT2D eigenvalue weighted by Gasteiger charge is -2.55. The molecular formula is C27H30ClFN4O4. The summed E-state index contributed by atoms with van der Waals surface area (Å²) in [4.78, 5) is 46.7. The van der Waals surface area contributed by atoms with Gasteiger partial charge in [-0.15, -0.1) is 0 Å². The van der Waals surface area contributed by atoms with E-state index in [1.165, 1.54) is 28.0 Å². The van der Waals surface area contributed by atoms with Gasteiger partial charge < -0.3 is 19.5 Å². The van der Waals surface area contributed by atoms with E-state index in [4.69, 9.17) is 11.6 Å². The molecule has 1 aromatic heterocycles. The molecule has 1 aromatic carbocycles. The van der Waals surface area contributed by atoms with Crippen molar-refractivity contribution < 1.29 is 19.1 Å². The molecule has 2 amide bonds. The number of hydrogen-bond donors (Lipinski definition) is 1. The molecule has 4 aliphatic heterocycles. The van der Waals surface area contributed by atoms with E-state index in [0.717, 1.165) is 32.2 Å². The molecule has 37 heavy (non-hydrogen) atoms. The number of nitrogens with zero attached hydrogens (tertiary/aromatic N) is 4. The SMILES string of the molecule is O=C1c2c(c3n(c(=O)c2O)CCCCN(C2CC4CCCCN42)C3=O)CCN1Cc1ccc(F)c(Cl)c1. The van der Waals surface area contributed by atoms with Crippen LogP contribution >= 0.6 is 11.6 Å². The quantitative estimate of drug-likeness (QED) is 0.660. The van der Waals surface area contributed by atoms with E-state index in [9.17, 15) is 23.9 Å². The van der Waals surface area contributed by atoms with Crippen molar-refractivity contribution in [1.29, 1.82) is 0 Å². The second kappa shape index (κ2) is 9.44. The van der Waals surface area contributed by atoms with Crippen molar-refractivity contribution in [1.82, 2.24) is 19.3 Å². The van der Waals surface area contributed by atoms with Gasteiger partial charge in [0.2, 0.25) is 0 Å². The number of carbonyl (C=O) groups is 2. The van der Waals surface area contributed by atoms with Crippen molar-refractivity contribution in [2.75, 3.05) is 19.6 Å². The monoisotopic (exact) mass is 528 g/mol. The summed E-state index contributed by atoms with van der Waals surface area (Å²) in [5.74, 6) is -1.89. The number of benzene rings is 1. The third-order valence-corrected chi connectivity index (χ3v) is 8.71. The van der Waals surface area contributed by atoms with Gasteiger partial charge in [-0.3, -0.25) is 19.3 Å². The van der Waals surface area contributed by atoms with E-state index < -0.39 is 23.0 Å². The highest BCUT2D eigenvalue weighted by atomic mass is 35.5. The van der Waals surface area contributed by atoms with E-state index in [2.05, 4.69) is 4.90 Å². The minimum atomic E-state index is -0.701. The lowest BCUT2D eigenvalue weighted by molar-refractivity contribution is -0.0860. The normalized spacial score (nSPS) is 24.1. The van der Waals surface area contributed by atoms with Crippen LogP contribution in [0.5, 0.6) is 5.75 Å². The number of aromatic nitrogens is 1. The summed E-state index contributed by atoms with van der Waals surface area (Å²) < 4.78 is 15.0. The predicted molar refractivity (Wildman–Crippen MR) is 135 cm³/mol. The van der Waals surface area contributed by atoms with Gasteiger partial charge >= 0.3 is 0 Å². The Morgan fingerprint density at radius 1 is 1.00 bits per heavy atom. The van der Waals surface area contributed by atoms with Gasteiger partial charge in [0.05, 0.1) is 16.8 Å². The molecule has 10 heteroatoms. The molecule has 2 fully saturated rings. The largest absolute Gasteiger partial charge is 0.502 e. The van der Waals surface area contributed by atoms with E-state index >= 15 is 0 Å². The zero-order valence-corrected chi connectivity index (χ0v) is 21.3. The second-order valence-corrected chi connectivity index (χ2v) is 10.9. The van der Waals surface area contributed by atoms with Crippen molar-refractivity contribution in [3.05, 3.63) is 61.8 Å². The van der Waals surface area contributed by atoms with Gasteiger partial charge in [-0.05, 0) is 56.2 Å². The lowest BCUT2D eigenvalue weighted by atomic mass is 9.87. The van der Waals surface area contributed by atoms with Gasteiger partial charge in [0.25, 0.3) is 17.4 Å². The smallest absolute Gasteiger partial charge is 0.294 e. The Kier molecular flexibility index (Phi) is 6.23. The maximum absolute atomic E-state index is 14.1. The maximum Gasteiger partial charge on any atom is 0.294 e. The standard InChI is InChI=1S/C27H30ClFN4O4/c28-19-13-16(6-7-20(19)29)15-30-12-8-18-22(25(30)35)24(34)27(37)33-11-4-3-10-32(26(36)23(18)33)21-14-17-5-1-2-9-31(17)21/h6-7,13,17,21,34H,1-5,8-12,14-15H2. The zero-order chi connectivity index (χ0) is 25.8. The molecule has 6 rings (SSSR count). The van der Waals surface area contributed by atoms with E-state index in [-0.39, 0.29) is 34.9 Å². The molecule has 0 aliphatic carbocycles. The summed E-state index contributed by atoms with van der Waals surface area (Å²) in [5, 5.41) is 10.8. The van der Waals surface area contributed by atoms with Crippen LogP contribution < -0.4 is 5.56 Å². The van der Waals surface area contributed by atoms with Crippen LogP contribution in [0.15, 0.2) is 23.0 Å². The Morgan fingerprint density at radius 2 is 1.78 bits per heavy atom. The molecule has 1 N–H and O–H groups in total. The van der Waals surface area contributed by atoms with Crippen LogP contribution in [0.2, 0.25) is 5.02 Å². The van der Waals surface area contributed by atoms with Crippen molar-refractivity contribution >= 4 is 23.4 Å². The van der Waals surface area contributed by atoms with Gasteiger partial charge in [0.15, 0.2) is 5.75 Å². The fourth-order valence-corrected chi connectivity index (χ4v) is 6.70. The average molecular weight is 529 g/mol. The first-order valence-corrected chi connectivity index (χ1v) is 13.5. The van der Waals surface area contributed by atoms with Crippen molar-refractivity contribution in [2.24, 2.45) is 0 Å². The van der Waals surface area contributed by atoms with E-state index in [0.29, 0.717) is 49.6 Å². The topological polar surface area (TPSA) is 86.1 Å². The summed E-state index contributed by atoms with van der Waals surface area (Å²) in [7, 11) is 0. The van der Waals surface area contributed by atoms with Crippen LogP contribution in [0.1, 0.15) is 70.5 Å². The Balaban J connectivity index is 1.36. The van der Waals surface area contributed by atoms with Crippen LogP contribution in [0.25, 0.3) is 0 Å². The van der Waals surface area contributed by atoms with Crippen LogP contribution in [-0.4, -0.2) is 68.0 Å². The molecule has 2 unspecified atom stereocenters. The molecule has 2 aromatic rings. The van der Waals surface area contributed by atoms with Crippen LogP contribution in [0.4, 0.5) is 4.39 Å². The Morgan fingerprint density at radius 3 is 2.57 bits per heavy atom. The molecule has 0 bridgehead atoms. The summed E-state index contributed by atoms with van der Waals surface area (Å²) in [6, 6.07) is 4.77. The number of piperidine rings is 1. The third kappa shape index (κ3) is 4.03. The fourth-order valence-electron chi connectivity index (χ4n) is 6.50. The molecule has 8 nitrogen and oxygen atoms in total. The van der Waals surface area contributed by atoms with Crippen molar-refractivity contribution in [3.8, 4) is 5.75 Å². The van der Waals surface area contributed by atoms with Gasteiger partial charge in [0.1, 0.15) is 11.5 Å². The summed E-state index contributed by atoms with van der Waals surface area (Å²) in [5.41, 5.74) is 0.536. The van der Waals surface area contributed by atoms with Gasteiger partial charge in [-0.2, -0.15) is 0 Å². The summed E-state index contributed by atoms with van der Waals surface area (Å²) in [6.07, 6.45) is 6.25. The Hall–Kier alpha value is -2.91. The molecule has 2 saturated heterocycles. The van der Waals surface area contributed by atoms with E-state index in [1.807, 2.05) is 4.90 Å². The predicted octanol–water partition coefficient (Wildman–Crippen LogP) is 3.37. The minimum absolute atomic E-state index is 0.0166. The number of rotatable bonds is 3. The minimum Gasteiger partial charge on any atom is -0.502 e. The number of amides is 2. The van der Waals surface area contributed by atoms with Crippen LogP contribution in [-0.2, 0) is 19.5 Å².